The van der Waals surface area contributed by atoms with Gasteiger partial charge in [0.2, 0.25) is 0 Å². The Labute approximate surface area is 126 Å². The van der Waals surface area contributed by atoms with E-state index >= 15 is 0 Å². The Kier molecular flexibility index (Phi) is 3.82. The number of carboxylic acid groups (broad SMARTS) is 1. The fourth-order valence-electron chi connectivity index (χ4n) is 2.45. The fraction of sp³-hybridized carbons (Fsp3) is 0.188. The maximum Gasteiger partial charge on any atom is 0.407 e. The third-order valence-corrected chi connectivity index (χ3v) is 3.62. The topological polar surface area (TPSA) is 66.3 Å². The molecule has 1 amide bonds. The first kappa shape index (κ1) is 14.2. The van der Waals surface area contributed by atoms with Gasteiger partial charge in [-0.15, -0.1) is 0 Å². The van der Waals surface area contributed by atoms with Crippen LogP contribution in [0.1, 0.15) is 12.0 Å². The van der Waals surface area contributed by atoms with E-state index in [9.17, 15) is 9.18 Å². The van der Waals surface area contributed by atoms with Crippen LogP contribution in [0.4, 0.5) is 9.18 Å². The molecule has 0 spiro atoms. The van der Waals surface area contributed by atoms with Crippen molar-refractivity contribution in [2.45, 2.75) is 6.42 Å². The molecule has 2 aromatic rings. The molecule has 1 aliphatic rings. The monoisotopic (exact) mass is 299 g/mol. The summed E-state index contributed by atoms with van der Waals surface area (Å²) in [6.07, 6.45) is 4.53. The average molecular weight is 299 g/mol. The molecule has 0 atom stereocenters. The summed E-state index contributed by atoms with van der Waals surface area (Å²) in [4.78, 5) is 20.4. The van der Waals surface area contributed by atoms with E-state index in [0.717, 1.165) is 5.57 Å². The van der Waals surface area contributed by atoms with Crippen LogP contribution in [0, 0.1) is 5.82 Å². The maximum absolute atomic E-state index is 14.3. The highest BCUT2D eigenvalue weighted by Gasteiger charge is 2.18. The third-order valence-electron chi connectivity index (χ3n) is 3.62. The predicted molar refractivity (Wildman–Crippen MR) is 79.6 cm³/mol. The van der Waals surface area contributed by atoms with E-state index in [-0.39, 0.29) is 12.4 Å². The highest BCUT2D eigenvalue weighted by atomic mass is 19.1. The number of carbonyl (C=O) groups is 1. The number of amides is 1. The number of aromatic nitrogens is 2. The second-order valence-electron chi connectivity index (χ2n) is 4.97. The number of halogens is 1. The molecule has 112 valence electrons. The Morgan fingerprint density at radius 1 is 1.27 bits per heavy atom. The molecule has 0 unspecified atom stereocenters. The molecule has 5 nitrogen and oxygen atoms in total. The van der Waals surface area contributed by atoms with Gasteiger partial charge < -0.3 is 10.0 Å². The summed E-state index contributed by atoms with van der Waals surface area (Å²) < 4.78 is 14.3. The van der Waals surface area contributed by atoms with Crippen LogP contribution in [0.2, 0.25) is 0 Å². The van der Waals surface area contributed by atoms with Crippen LogP contribution in [0.5, 0.6) is 0 Å². The van der Waals surface area contributed by atoms with E-state index < -0.39 is 6.09 Å². The number of nitrogens with zero attached hydrogens (tertiary/aromatic N) is 3. The molecule has 0 saturated heterocycles. The first-order valence-corrected chi connectivity index (χ1v) is 6.89. The van der Waals surface area contributed by atoms with Gasteiger partial charge in [0.05, 0.1) is 0 Å². The van der Waals surface area contributed by atoms with E-state index in [1.165, 1.54) is 11.0 Å². The van der Waals surface area contributed by atoms with Gasteiger partial charge in [-0.1, -0.05) is 18.2 Å². The molecule has 0 bridgehead atoms. The molecule has 0 saturated carbocycles. The van der Waals surface area contributed by atoms with Gasteiger partial charge in [-0.3, -0.25) is 0 Å². The van der Waals surface area contributed by atoms with Crippen molar-refractivity contribution in [2.75, 3.05) is 13.1 Å². The van der Waals surface area contributed by atoms with Gasteiger partial charge in [-0.25, -0.2) is 19.2 Å². The van der Waals surface area contributed by atoms with Gasteiger partial charge in [0.15, 0.2) is 5.82 Å². The van der Waals surface area contributed by atoms with Crippen LogP contribution in [-0.4, -0.2) is 39.2 Å². The van der Waals surface area contributed by atoms with Crippen LogP contribution in [0.3, 0.4) is 0 Å². The summed E-state index contributed by atoms with van der Waals surface area (Å²) in [6.45, 7) is 0.664. The van der Waals surface area contributed by atoms with Gasteiger partial charge in [-0.2, -0.15) is 0 Å². The van der Waals surface area contributed by atoms with E-state index in [4.69, 9.17) is 5.11 Å². The molecule has 0 aliphatic carbocycles. The summed E-state index contributed by atoms with van der Waals surface area (Å²) in [7, 11) is 0. The van der Waals surface area contributed by atoms with Crippen molar-refractivity contribution in [3.05, 3.63) is 54.1 Å². The first-order valence-electron chi connectivity index (χ1n) is 6.89. The van der Waals surface area contributed by atoms with Crippen LogP contribution >= 0.6 is 0 Å². The van der Waals surface area contributed by atoms with E-state index in [1.54, 1.807) is 36.7 Å². The lowest BCUT2D eigenvalue weighted by Crippen LogP contribution is -2.33. The van der Waals surface area contributed by atoms with Crippen molar-refractivity contribution < 1.29 is 14.3 Å². The molecular weight excluding hydrogens is 285 g/mol. The molecule has 2 heterocycles. The zero-order valence-electron chi connectivity index (χ0n) is 11.7. The predicted octanol–water partition coefficient (Wildman–Crippen LogP) is 3.05. The molecule has 1 aliphatic heterocycles. The average Bonchev–Trinajstić information content (AvgIpc) is 2.56. The highest BCUT2D eigenvalue weighted by Crippen LogP contribution is 2.27. The summed E-state index contributed by atoms with van der Waals surface area (Å²) in [5.41, 5.74) is 1.95. The molecule has 0 radical (unpaired) electrons. The number of hydrogen-bond acceptors (Lipinski definition) is 3. The number of rotatable bonds is 2. The van der Waals surface area contributed by atoms with Gasteiger partial charge in [0.25, 0.3) is 0 Å². The van der Waals surface area contributed by atoms with Crippen molar-refractivity contribution in [1.82, 2.24) is 14.9 Å². The standard InChI is InChI=1S/C16H14FN3O2/c17-14-10-12(15-18-6-1-7-19-15)2-3-13(14)11-4-8-20(9-5-11)16(21)22/h1-4,6-7,10H,5,8-9H2,(H,21,22). The summed E-state index contributed by atoms with van der Waals surface area (Å²) in [5.74, 6) is 0.127. The normalized spacial score (nSPS) is 14.6. The molecule has 1 N–H and O–H groups in total. The van der Waals surface area contributed by atoms with Crippen molar-refractivity contribution in [3.8, 4) is 11.4 Å². The Bertz CT molecular complexity index is 731. The highest BCUT2D eigenvalue weighted by molar-refractivity contribution is 5.72. The van der Waals surface area contributed by atoms with Crippen LogP contribution in [0.25, 0.3) is 17.0 Å². The van der Waals surface area contributed by atoms with Gasteiger partial charge >= 0.3 is 6.09 Å². The smallest absolute Gasteiger partial charge is 0.407 e. The zero-order valence-corrected chi connectivity index (χ0v) is 11.7. The fourth-order valence-corrected chi connectivity index (χ4v) is 2.45. The largest absolute Gasteiger partial charge is 0.465 e. The van der Waals surface area contributed by atoms with Crippen LogP contribution in [0.15, 0.2) is 42.7 Å². The lowest BCUT2D eigenvalue weighted by atomic mass is 9.97. The molecule has 6 heteroatoms. The lowest BCUT2D eigenvalue weighted by molar-refractivity contribution is 0.150. The van der Waals surface area contributed by atoms with Crippen LogP contribution < -0.4 is 0 Å². The Hall–Kier alpha value is -2.76. The summed E-state index contributed by atoms with van der Waals surface area (Å²) in [6, 6.07) is 6.59. The Balaban J connectivity index is 1.86. The van der Waals surface area contributed by atoms with Gasteiger partial charge in [0.1, 0.15) is 5.82 Å². The molecule has 22 heavy (non-hydrogen) atoms. The molecule has 1 aromatic heterocycles. The van der Waals surface area contributed by atoms with Gasteiger partial charge in [0, 0.05) is 36.6 Å². The van der Waals surface area contributed by atoms with E-state index in [1.807, 2.05) is 0 Å². The quantitative estimate of drug-likeness (QED) is 0.925. The number of benzene rings is 1. The number of hydrogen-bond donors (Lipinski definition) is 1. The van der Waals surface area contributed by atoms with Crippen molar-refractivity contribution in [2.24, 2.45) is 0 Å². The Morgan fingerprint density at radius 3 is 2.64 bits per heavy atom. The van der Waals surface area contributed by atoms with Gasteiger partial charge in [-0.05, 0) is 24.1 Å². The Morgan fingerprint density at radius 2 is 2.05 bits per heavy atom. The lowest BCUT2D eigenvalue weighted by Gasteiger charge is -2.24. The summed E-state index contributed by atoms with van der Waals surface area (Å²) in [5, 5.41) is 8.92. The molecule has 1 aromatic carbocycles. The molecule has 3 rings (SSSR count). The van der Waals surface area contributed by atoms with Crippen LogP contribution in [-0.2, 0) is 0 Å². The SMILES string of the molecule is O=C(O)N1CC=C(c2ccc(-c3ncccn3)cc2F)CC1. The second-order valence-corrected chi connectivity index (χ2v) is 4.97. The maximum atomic E-state index is 14.3. The minimum Gasteiger partial charge on any atom is -0.465 e. The minimum absolute atomic E-state index is 0.285. The second kappa shape index (κ2) is 5.93. The first-order chi connectivity index (χ1) is 10.6. The van der Waals surface area contributed by atoms with Crippen molar-refractivity contribution in [3.63, 3.8) is 0 Å². The molecular formula is C16H14FN3O2. The zero-order chi connectivity index (χ0) is 15.5. The minimum atomic E-state index is -0.952. The van der Waals surface area contributed by atoms with Crippen molar-refractivity contribution >= 4 is 11.7 Å². The van der Waals surface area contributed by atoms with E-state index in [2.05, 4.69) is 9.97 Å². The van der Waals surface area contributed by atoms with Crippen molar-refractivity contribution in [1.29, 1.82) is 0 Å². The van der Waals surface area contributed by atoms with E-state index in [0.29, 0.717) is 29.9 Å². The molecule has 0 fully saturated rings. The third kappa shape index (κ3) is 2.81. The summed E-state index contributed by atoms with van der Waals surface area (Å²) >= 11 is 0.